The highest BCUT2D eigenvalue weighted by molar-refractivity contribution is 7.80. The number of benzene rings is 2. The van der Waals surface area contributed by atoms with Crippen LogP contribution in [0.5, 0.6) is 0 Å². The molecule has 2 saturated heterocycles. The van der Waals surface area contributed by atoms with Crippen molar-refractivity contribution in [2.24, 2.45) is 0 Å². The van der Waals surface area contributed by atoms with Crippen LogP contribution in [-0.2, 0) is 4.74 Å². The number of nitrogens with zero attached hydrogens (tertiary/aromatic N) is 3. The molecule has 0 bridgehead atoms. The zero-order valence-electron chi connectivity index (χ0n) is 21.4. The Labute approximate surface area is 231 Å². The first-order chi connectivity index (χ1) is 19.0. The van der Waals surface area contributed by atoms with Gasteiger partial charge in [0.2, 0.25) is 0 Å². The lowest BCUT2D eigenvalue weighted by molar-refractivity contribution is 0.0696. The van der Waals surface area contributed by atoms with Crippen LogP contribution in [0.4, 0.5) is 11.4 Å². The van der Waals surface area contributed by atoms with E-state index in [9.17, 15) is 9.90 Å². The highest BCUT2D eigenvalue weighted by Gasteiger charge is 2.42. The predicted molar refractivity (Wildman–Crippen MR) is 153 cm³/mol. The number of hydrogen-bond acceptors (Lipinski definition) is 6. The maximum absolute atomic E-state index is 11.4. The summed E-state index contributed by atoms with van der Waals surface area (Å²) >= 11 is 5.86. The summed E-state index contributed by atoms with van der Waals surface area (Å²) in [7, 11) is 0. The van der Waals surface area contributed by atoms with E-state index in [2.05, 4.69) is 44.4 Å². The topological polar surface area (TPSA) is 91.1 Å². The molecule has 0 amide bonds. The number of aromatic carboxylic acids is 1. The Hall–Kier alpha value is -4.21. The van der Waals surface area contributed by atoms with Gasteiger partial charge in [-0.15, -0.1) is 0 Å². The highest BCUT2D eigenvalue weighted by atomic mass is 32.1. The fourth-order valence-corrected chi connectivity index (χ4v) is 5.64. The number of rotatable bonds is 6. The van der Waals surface area contributed by atoms with Gasteiger partial charge in [-0.25, -0.2) is 4.79 Å². The Balaban J connectivity index is 1.37. The third kappa shape index (κ3) is 4.86. The number of carboxylic acid groups (broad SMARTS) is 1. The molecule has 2 N–H and O–H groups in total. The second-order valence-corrected chi connectivity index (χ2v) is 10.0. The third-order valence-electron chi connectivity index (χ3n) is 7.26. The number of aromatic nitrogens is 1. The van der Waals surface area contributed by atoms with Crippen LogP contribution in [0.25, 0.3) is 11.3 Å². The van der Waals surface area contributed by atoms with Crippen molar-refractivity contribution in [3.8, 4) is 11.3 Å². The van der Waals surface area contributed by atoms with Crippen LogP contribution < -0.4 is 15.1 Å². The number of furan rings is 1. The zero-order valence-corrected chi connectivity index (χ0v) is 22.2. The molecule has 4 heterocycles. The summed E-state index contributed by atoms with van der Waals surface area (Å²) in [6.07, 6.45) is 1.78. The molecule has 2 fully saturated rings. The first-order valence-corrected chi connectivity index (χ1v) is 13.3. The van der Waals surface area contributed by atoms with Crippen LogP contribution in [-0.4, -0.2) is 47.5 Å². The van der Waals surface area contributed by atoms with Gasteiger partial charge in [-0.1, -0.05) is 12.1 Å². The van der Waals surface area contributed by atoms with Gasteiger partial charge < -0.3 is 29.4 Å². The van der Waals surface area contributed by atoms with Crippen molar-refractivity contribution in [3.05, 3.63) is 102 Å². The van der Waals surface area contributed by atoms with E-state index in [4.69, 9.17) is 21.4 Å². The van der Waals surface area contributed by atoms with E-state index >= 15 is 0 Å². The van der Waals surface area contributed by atoms with E-state index in [1.165, 1.54) is 0 Å². The highest BCUT2D eigenvalue weighted by Crippen LogP contribution is 2.43. The number of carboxylic acids is 1. The molecular weight excluding hydrogens is 512 g/mol. The number of aryl methyl sites for hydroxylation is 1. The quantitative estimate of drug-likeness (QED) is 0.314. The molecule has 2 atom stereocenters. The molecule has 2 aromatic heterocycles. The summed E-state index contributed by atoms with van der Waals surface area (Å²) in [4.78, 5) is 20.4. The summed E-state index contributed by atoms with van der Waals surface area (Å²) in [5.74, 6) is 0.440. The Bertz CT molecular complexity index is 1500. The molecule has 0 aliphatic carbocycles. The molecule has 2 aliphatic heterocycles. The number of thiocarbonyl (C=S) groups is 1. The molecule has 198 valence electrons. The number of nitrogens with one attached hydrogen (secondary N) is 1. The maximum atomic E-state index is 11.4. The van der Waals surface area contributed by atoms with Crippen molar-refractivity contribution in [3.63, 3.8) is 0 Å². The van der Waals surface area contributed by atoms with Gasteiger partial charge in [0.1, 0.15) is 17.6 Å². The smallest absolute Gasteiger partial charge is 0.335 e. The molecule has 0 spiro atoms. The van der Waals surface area contributed by atoms with Crippen molar-refractivity contribution in [1.29, 1.82) is 0 Å². The van der Waals surface area contributed by atoms with Gasteiger partial charge in [-0.2, -0.15) is 0 Å². The van der Waals surface area contributed by atoms with Crippen LogP contribution in [0.2, 0.25) is 0 Å². The lowest BCUT2D eigenvalue weighted by Gasteiger charge is -2.30. The minimum atomic E-state index is -0.955. The summed E-state index contributed by atoms with van der Waals surface area (Å²) in [5, 5.41) is 13.4. The minimum Gasteiger partial charge on any atom is -0.478 e. The fourth-order valence-electron chi connectivity index (χ4n) is 5.30. The van der Waals surface area contributed by atoms with Crippen LogP contribution in [0.3, 0.4) is 0 Å². The monoisotopic (exact) mass is 540 g/mol. The molecule has 0 unspecified atom stereocenters. The normalized spacial score (nSPS) is 19.3. The minimum absolute atomic E-state index is 0.230. The van der Waals surface area contributed by atoms with E-state index in [-0.39, 0.29) is 17.6 Å². The van der Waals surface area contributed by atoms with Gasteiger partial charge in [-0.3, -0.25) is 4.98 Å². The molecule has 6 rings (SSSR count). The summed E-state index contributed by atoms with van der Waals surface area (Å²) in [5.41, 5.74) is 4.88. The first-order valence-electron chi connectivity index (χ1n) is 12.9. The van der Waals surface area contributed by atoms with Gasteiger partial charge >= 0.3 is 5.97 Å². The fraction of sp³-hybridized carbons (Fsp3) is 0.233. The lowest BCUT2D eigenvalue weighted by Crippen LogP contribution is -2.36. The van der Waals surface area contributed by atoms with E-state index < -0.39 is 5.97 Å². The van der Waals surface area contributed by atoms with Crippen molar-refractivity contribution in [2.45, 2.75) is 19.0 Å². The Morgan fingerprint density at radius 3 is 2.49 bits per heavy atom. The third-order valence-corrected chi connectivity index (χ3v) is 7.57. The molecule has 8 nitrogen and oxygen atoms in total. The van der Waals surface area contributed by atoms with E-state index in [0.717, 1.165) is 60.3 Å². The average Bonchev–Trinajstić information content (AvgIpc) is 3.58. The molecule has 0 radical (unpaired) electrons. The summed E-state index contributed by atoms with van der Waals surface area (Å²) in [6.45, 7) is 5.09. The van der Waals surface area contributed by atoms with Gasteiger partial charge in [0.25, 0.3) is 0 Å². The summed E-state index contributed by atoms with van der Waals surface area (Å²) < 4.78 is 12.0. The van der Waals surface area contributed by atoms with E-state index in [0.29, 0.717) is 10.9 Å². The van der Waals surface area contributed by atoms with Crippen molar-refractivity contribution >= 4 is 34.7 Å². The Morgan fingerprint density at radius 2 is 1.79 bits per heavy atom. The molecule has 2 aliphatic rings. The van der Waals surface area contributed by atoms with Gasteiger partial charge in [0.15, 0.2) is 5.11 Å². The SMILES string of the molecule is Cc1cc(C(=O)O)ccc1-c1ccc([C@H]2[C@@H](c3ccccn3)NC(=S)N2c2ccc(N3CCOCC3)cc2)o1. The van der Waals surface area contributed by atoms with Crippen LogP contribution >= 0.6 is 12.2 Å². The van der Waals surface area contributed by atoms with Gasteiger partial charge in [-0.05, 0) is 85.4 Å². The molecule has 39 heavy (non-hydrogen) atoms. The van der Waals surface area contributed by atoms with Gasteiger partial charge in [0.05, 0.1) is 30.5 Å². The number of carbonyl (C=O) groups is 1. The second kappa shape index (κ2) is 10.5. The van der Waals surface area contributed by atoms with Gasteiger partial charge in [0, 0.05) is 36.2 Å². The molecular formula is C30H28N4O4S. The molecule has 4 aromatic rings. The number of anilines is 2. The van der Waals surface area contributed by atoms with Crippen molar-refractivity contribution in [1.82, 2.24) is 10.3 Å². The average molecular weight is 541 g/mol. The molecule has 0 saturated carbocycles. The van der Waals surface area contributed by atoms with Crippen LogP contribution in [0.15, 0.2) is 83.4 Å². The maximum Gasteiger partial charge on any atom is 0.335 e. The van der Waals surface area contributed by atoms with Crippen molar-refractivity contribution in [2.75, 3.05) is 36.1 Å². The number of pyridine rings is 1. The Morgan fingerprint density at radius 1 is 1.03 bits per heavy atom. The first kappa shape index (κ1) is 25.1. The second-order valence-electron chi connectivity index (χ2n) is 9.65. The zero-order chi connectivity index (χ0) is 26.9. The van der Waals surface area contributed by atoms with E-state index in [1.807, 2.05) is 37.3 Å². The number of morpholine rings is 1. The largest absolute Gasteiger partial charge is 0.478 e. The predicted octanol–water partition coefficient (Wildman–Crippen LogP) is 5.36. The Kier molecular flexibility index (Phi) is 6.76. The van der Waals surface area contributed by atoms with Crippen LogP contribution in [0, 0.1) is 6.92 Å². The van der Waals surface area contributed by atoms with E-state index in [1.54, 1.807) is 24.4 Å². The molecule has 9 heteroatoms. The standard InChI is InChI=1S/C30H28N4O4S/c1-19-18-20(29(35)36)5-10-23(19)25-11-12-26(38-25)28-27(24-4-2-3-13-31-24)32-30(39)34(28)22-8-6-21(7-9-22)33-14-16-37-17-15-33/h2-13,18,27-28H,14-17H2,1H3,(H,32,39)(H,35,36)/t27-,28+/m1/s1. The van der Waals surface area contributed by atoms with Crippen LogP contribution in [0.1, 0.15) is 39.5 Å². The number of hydrogen-bond donors (Lipinski definition) is 2. The number of ether oxygens (including phenoxy) is 1. The van der Waals surface area contributed by atoms with Crippen molar-refractivity contribution < 1.29 is 19.1 Å². The molecule has 2 aromatic carbocycles. The summed E-state index contributed by atoms with van der Waals surface area (Å²) in [6, 6.07) is 22.7. The lowest BCUT2D eigenvalue weighted by atomic mass is 10.0.